The quantitative estimate of drug-likeness (QED) is 0.857. The molecule has 1 aromatic heterocycles. The molecule has 1 saturated heterocycles. The van der Waals surface area contributed by atoms with Crippen LogP contribution in [-0.2, 0) is 0 Å². The lowest BCUT2D eigenvalue weighted by atomic mass is 10.2. The van der Waals surface area contributed by atoms with E-state index < -0.39 is 0 Å². The maximum absolute atomic E-state index is 14.2. The maximum Gasteiger partial charge on any atom is 0.186 e. The number of aryl methyl sites for hydroxylation is 1. The lowest BCUT2D eigenvalue weighted by molar-refractivity contribution is 0.544. The van der Waals surface area contributed by atoms with Gasteiger partial charge in [0, 0.05) is 19.1 Å². The lowest BCUT2D eigenvalue weighted by Crippen LogP contribution is -2.39. The molecule has 0 radical (unpaired) electrons. The van der Waals surface area contributed by atoms with Gasteiger partial charge in [0.2, 0.25) is 0 Å². The molecule has 1 N–H and O–H groups in total. The first kappa shape index (κ1) is 14.2. The summed E-state index contributed by atoms with van der Waals surface area (Å²) in [6.07, 6.45) is 5.97. The van der Waals surface area contributed by atoms with Crippen molar-refractivity contribution in [2.24, 2.45) is 0 Å². The minimum Gasteiger partial charge on any atom is -0.353 e. The third-order valence-corrected chi connectivity index (χ3v) is 3.63. The maximum atomic E-state index is 14.2. The van der Waals surface area contributed by atoms with Gasteiger partial charge in [-0.05, 0) is 32.7 Å². The highest BCUT2D eigenvalue weighted by Gasteiger charge is 2.21. The average molecular weight is 266 g/mol. The van der Waals surface area contributed by atoms with Crippen molar-refractivity contribution in [1.82, 2.24) is 15.3 Å². The highest BCUT2D eigenvalue weighted by molar-refractivity contribution is 5.41. The molecule has 1 fully saturated rings. The Balaban J connectivity index is 2.13. The van der Waals surface area contributed by atoms with E-state index in [1.807, 2.05) is 0 Å². The molecule has 0 amide bonds. The molecule has 0 bridgehead atoms. The van der Waals surface area contributed by atoms with Gasteiger partial charge >= 0.3 is 0 Å². The van der Waals surface area contributed by atoms with Gasteiger partial charge in [-0.15, -0.1) is 0 Å². The van der Waals surface area contributed by atoms with Crippen LogP contribution in [0.15, 0.2) is 6.33 Å². The van der Waals surface area contributed by atoms with Crippen LogP contribution in [0.2, 0.25) is 0 Å². The molecule has 2 rings (SSSR count). The van der Waals surface area contributed by atoms with Gasteiger partial charge < -0.3 is 10.2 Å². The number of hydrogen-bond donors (Lipinski definition) is 1. The summed E-state index contributed by atoms with van der Waals surface area (Å²) in [6.45, 7) is 6.58. The molecule has 1 unspecified atom stereocenters. The molecule has 0 aliphatic carbocycles. The Morgan fingerprint density at radius 3 is 3.00 bits per heavy atom. The van der Waals surface area contributed by atoms with E-state index in [4.69, 9.17) is 0 Å². The summed E-state index contributed by atoms with van der Waals surface area (Å²) in [5.74, 6) is 0.172. The highest BCUT2D eigenvalue weighted by Crippen LogP contribution is 2.19. The molecule has 1 atom stereocenters. The number of rotatable bonds is 6. The SMILES string of the molecule is CCCCN(CC1CCCN1)c1ncnc(C)c1F. The number of nitrogens with one attached hydrogen (secondary N) is 1. The van der Waals surface area contributed by atoms with Crippen molar-refractivity contribution in [3.05, 3.63) is 17.8 Å². The van der Waals surface area contributed by atoms with Crippen LogP contribution in [0.5, 0.6) is 0 Å². The van der Waals surface area contributed by atoms with Crippen LogP contribution in [0.25, 0.3) is 0 Å². The number of aromatic nitrogens is 2. The Labute approximate surface area is 114 Å². The fraction of sp³-hybridized carbons (Fsp3) is 0.714. The average Bonchev–Trinajstić information content (AvgIpc) is 2.91. The first-order valence-electron chi connectivity index (χ1n) is 7.17. The third kappa shape index (κ3) is 3.62. The summed E-state index contributed by atoms with van der Waals surface area (Å²) in [7, 11) is 0. The van der Waals surface area contributed by atoms with E-state index in [1.165, 1.54) is 12.7 Å². The highest BCUT2D eigenvalue weighted by atomic mass is 19.1. The Morgan fingerprint density at radius 1 is 1.47 bits per heavy atom. The van der Waals surface area contributed by atoms with Crippen molar-refractivity contribution >= 4 is 5.82 Å². The number of anilines is 1. The molecule has 5 heteroatoms. The fourth-order valence-electron chi connectivity index (χ4n) is 2.48. The van der Waals surface area contributed by atoms with Gasteiger partial charge in [-0.3, -0.25) is 0 Å². The van der Waals surface area contributed by atoms with E-state index in [9.17, 15) is 4.39 Å². The summed E-state index contributed by atoms with van der Waals surface area (Å²) in [5, 5.41) is 3.46. The van der Waals surface area contributed by atoms with Crippen LogP contribution in [0.1, 0.15) is 38.3 Å². The normalized spacial score (nSPS) is 18.8. The van der Waals surface area contributed by atoms with Gasteiger partial charge in [-0.25, -0.2) is 14.4 Å². The molecule has 4 nitrogen and oxygen atoms in total. The van der Waals surface area contributed by atoms with Crippen LogP contribution < -0.4 is 10.2 Å². The molecule has 1 aromatic rings. The van der Waals surface area contributed by atoms with E-state index in [2.05, 4.69) is 27.1 Å². The Kier molecular flexibility index (Phi) is 5.07. The van der Waals surface area contributed by atoms with Crippen molar-refractivity contribution in [3.8, 4) is 0 Å². The van der Waals surface area contributed by atoms with Crippen molar-refractivity contribution in [1.29, 1.82) is 0 Å². The van der Waals surface area contributed by atoms with Crippen LogP contribution in [0.3, 0.4) is 0 Å². The molecule has 0 saturated carbocycles. The first-order valence-corrected chi connectivity index (χ1v) is 7.17. The molecule has 0 spiro atoms. The van der Waals surface area contributed by atoms with Crippen molar-refractivity contribution in [2.75, 3.05) is 24.5 Å². The molecule has 19 heavy (non-hydrogen) atoms. The standard InChI is InChI=1S/C14H23FN4/c1-3-4-8-19(9-12-6-5-7-16-12)14-13(15)11(2)17-10-18-14/h10,12,16H,3-9H2,1-2H3. The Hall–Kier alpha value is -1.23. The van der Waals surface area contributed by atoms with Crippen molar-refractivity contribution in [3.63, 3.8) is 0 Å². The molecule has 106 valence electrons. The second-order valence-corrected chi connectivity index (χ2v) is 5.19. The molecule has 1 aliphatic heterocycles. The van der Waals surface area contributed by atoms with Gasteiger partial charge in [0.15, 0.2) is 11.6 Å². The monoisotopic (exact) mass is 266 g/mol. The van der Waals surface area contributed by atoms with E-state index in [1.54, 1.807) is 6.92 Å². The summed E-state index contributed by atoms with van der Waals surface area (Å²) < 4.78 is 14.2. The zero-order chi connectivity index (χ0) is 13.7. The predicted octanol–water partition coefficient (Wildman–Crippen LogP) is 2.28. The van der Waals surface area contributed by atoms with Crippen molar-refractivity contribution < 1.29 is 4.39 Å². The van der Waals surface area contributed by atoms with Crippen LogP contribution in [0, 0.1) is 12.7 Å². The lowest BCUT2D eigenvalue weighted by Gasteiger charge is -2.27. The number of hydrogen-bond acceptors (Lipinski definition) is 4. The molecule has 2 heterocycles. The minimum atomic E-state index is -0.281. The fourth-order valence-corrected chi connectivity index (χ4v) is 2.48. The summed E-state index contributed by atoms with van der Waals surface area (Å²) >= 11 is 0. The van der Waals surface area contributed by atoms with Crippen molar-refractivity contribution in [2.45, 2.75) is 45.6 Å². The summed E-state index contributed by atoms with van der Waals surface area (Å²) in [4.78, 5) is 10.1. The number of halogens is 1. The molecular formula is C14H23FN4. The molecule has 0 aromatic carbocycles. The predicted molar refractivity (Wildman–Crippen MR) is 74.9 cm³/mol. The Morgan fingerprint density at radius 2 is 2.32 bits per heavy atom. The van der Waals surface area contributed by atoms with E-state index in [-0.39, 0.29) is 5.82 Å². The molecule has 1 aliphatic rings. The van der Waals surface area contributed by atoms with Gasteiger partial charge in [-0.2, -0.15) is 0 Å². The minimum absolute atomic E-state index is 0.281. The zero-order valence-electron chi connectivity index (χ0n) is 11.8. The second-order valence-electron chi connectivity index (χ2n) is 5.19. The smallest absolute Gasteiger partial charge is 0.186 e. The van der Waals surface area contributed by atoms with Gasteiger partial charge in [-0.1, -0.05) is 13.3 Å². The van der Waals surface area contributed by atoms with Gasteiger partial charge in [0.1, 0.15) is 6.33 Å². The van der Waals surface area contributed by atoms with Gasteiger partial charge in [0.05, 0.1) is 5.69 Å². The summed E-state index contributed by atoms with van der Waals surface area (Å²) in [6, 6.07) is 0.450. The van der Waals surface area contributed by atoms with Crippen LogP contribution >= 0.6 is 0 Å². The number of nitrogens with zero attached hydrogens (tertiary/aromatic N) is 3. The largest absolute Gasteiger partial charge is 0.353 e. The summed E-state index contributed by atoms with van der Waals surface area (Å²) in [5.41, 5.74) is 0.422. The first-order chi connectivity index (χ1) is 9.22. The van der Waals surface area contributed by atoms with Gasteiger partial charge in [0.25, 0.3) is 0 Å². The third-order valence-electron chi connectivity index (χ3n) is 3.63. The van der Waals surface area contributed by atoms with E-state index in [0.717, 1.165) is 38.9 Å². The van der Waals surface area contributed by atoms with E-state index in [0.29, 0.717) is 17.6 Å². The second kappa shape index (κ2) is 6.80. The van der Waals surface area contributed by atoms with E-state index >= 15 is 0 Å². The zero-order valence-corrected chi connectivity index (χ0v) is 11.8. The Bertz CT molecular complexity index is 404. The topological polar surface area (TPSA) is 41.0 Å². The number of unbranched alkanes of at least 4 members (excludes halogenated alkanes) is 1. The molecular weight excluding hydrogens is 243 g/mol. The van der Waals surface area contributed by atoms with Crippen LogP contribution in [-0.4, -0.2) is 35.6 Å². The van der Waals surface area contributed by atoms with Crippen LogP contribution in [0.4, 0.5) is 10.2 Å².